The monoisotopic (exact) mass is 285 g/mol. The maximum atomic E-state index is 14.4. The van der Waals surface area contributed by atoms with E-state index < -0.39 is 43.3 Å². The second kappa shape index (κ2) is 4.38. The highest BCUT2D eigenvalue weighted by Crippen LogP contribution is 2.40. The predicted octanol–water partition coefficient (Wildman–Crippen LogP) is 1.18. The smallest absolute Gasteiger partial charge is 0.246 e. The van der Waals surface area contributed by atoms with Crippen molar-refractivity contribution in [2.75, 3.05) is 5.75 Å². The number of rotatable bonds is 3. The van der Waals surface area contributed by atoms with Crippen LogP contribution >= 0.6 is 11.6 Å². The van der Waals surface area contributed by atoms with E-state index in [9.17, 15) is 22.0 Å². The Hall–Kier alpha value is -0.950. The van der Waals surface area contributed by atoms with Gasteiger partial charge in [0.1, 0.15) is 11.7 Å². The SMILES string of the molecule is CCS(=O)(=O)C1(F)C=C(F)C(Cl)=CC1C(N)=O. The average molecular weight is 286 g/mol. The molecule has 1 aliphatic rings. The van der Waals surface area contributed by atoms with Crippen molar-refractivity contribution in [2.24, 2.45) is 11.7 Å². The molecule has 0 bridgehead atoms. The average Bonchev–Trinajstić information content (AvgIpc) is 2.22. The summed E-state index contributed by atoms with van der Waals surface area (Å²) in [7, 11) is -4.36. The maximum Gasteiger partial charge on any atom is 0.246 e. The summed E-state index contributed by atoms with van der Waals surface area (Å²) in [5.74, 6) is -4.89. The minimum Gasteiger partial charge on any atom is -0.369 e. The summed E-state index contributed by atoms with van der Waals surface area (Å²) in [5.41, 5.74) is 4.90. The maximum absolute atomic E-state index is 14.4. The first-order valence-corrected chi connectivity index (χ1v) is 6.65. The molecule has 2 atom stereocenters. The van der Waals surface area contributed by atoms with Crippen LogP contribution in [0.25, 0.3) is 0 Å². The van der Waals surface area contributed by atoms with Gasteiger partial charge in [0.25, 0.3) is 0 Å². The highest BCUT2D eigenvalue weighted by molar-refractivity contribution is 7.92. The number of hydrogen-bond donors (Lipinski definition) is 1. The third kappa shape index (κ3) is 2.21. The van der Waals surface area contributed by atoms with E-state index in [4.69, 9.17) is 17.3 Å². The largest absolute Gasteiger partial charge is 0.369 e. The summed E-state index contributed by atoms with van der Waals surface area (Å²) < 4.78 is 50.7. The molecule has 2 N–H and O–H groups in total. The van der Waals surface area contributed by atoms with E-state index >= 15 is 0 Å². The van der Waals surface area contributed by atoms with Crippen molar-refractivity contribution < 1.29 is 22.0 Å². The molecule has 0 spiro atoms. The van der Waals surface area contributed by atoms with Crippen LogP contribution in [-0.2, 0) is 14.6 Å². The van der Waals surface area contributed by atoms with Crippen LogP contribution in [0.2, 0.25) is 0 Å². The number of carbonyl (C=O) groups excluding carboxylic acids is 1. The molecular formula is C9H10ClF2NO3S. The van der Waals surface area contributed by atoms with E-state index in [1.807, 2.05) is 0 Å². The van der Waals surface area contributed by atoms with E-state index in [0.717, 1.165) is 0 Å². The third-order valence-corrected chi connectivity index (χ3v) is 4.84. The molecule has 0 saturated heterocycles. The normalized spacial score (nSPS) is 29.5. The number of hydrogen-bond acceptors (Lipinski definition) is 3. The molecule has 96 valence electrons. The van der Waals surface area contributed by atoms with Crippen molar-refractivity contribution in [3.63, 3.8) is 0 Å². The van der Waals surface area contributed by atoms with Crippen molar-refractivity contribution >= 4 is 27.3 Å². The van der Waals surface area contributed by atoms with Gasteiger partial charge in [-0.2, -0.15) is 0 Å². The van der Waals surface area contributed by atoms with E-state index in [1.54, 1.807) is 0 Å². The first-order chi connectivity index (χ1) is 7.65. The molecule has 0 fully saturated rings. The Bertz CT molecular complexity index is 514. The standard InChI is InChI=1S/C9H10ClF2NO3S/c1-2-17(15,16)9(12)4-7(11)6(10)3-5(9)8(13)14/h3-5H,2H2,1H3,(H2,13,14). The summed E-state index contributed by atoms with van der Waals surface area (Å²) in [4.78, 5) is 11.0. The first-order valence-electron chi connectivity index (χ1n) is 4.62. The van der Waals surface area contributed by atoms with E-state index in [1.165, 1.54) is 6.92 Å². The molecule has 0 saturated carbocycles. The van der Waals surface area contributed by atoms with Gasteiger partial charge in [-0.05, 0) is 6.08 Å². The Balaban J connectivity index is 3.45. The van der Waals surface area contributed by atoms with Gasteiger partial charge in [-0.15, -0.1) is 0 Å². The molecule has 0 aliphatic heterocycles. The number of amides is 1. The first kappa shape index (κ1) is 14.1. The fourth-order valence-corrected chi connectivity index (χ4v) is 2.93. The van der Waals surface area contributed by atoms with Crippen molar-refractivity contribution in [1.29, 1.82) is 0 Å². The molecule has 0 aromatic carbocycles. The van der Waals surface area contributed by atoms with Crippen molar-refractivity contribution in [1.82, 2.24) is 0 Å². The zero-order valence-electron chi connectivity index (χ0n) is 8.78. The third-order valence-electron chi connectivity index (χ3n) is 2.45. The van der Waals surface area contributed by atoms with Crippen LogP contribution in [-0.4, -0.2) is 25.1 Å². The molecule has 17 heavy (non-hydrogen) atoms. The number of halogens is 3. The van der Waals surface area contributed by atoms with Gasteiger partial charge < -0.3 is 5.73 Å². The summed E-state index contributed by atoms with van der Waals surface area (Å²) in [6.45, 7) is 1.18. The molecule has 2 unspecified atom stereocenters. The molecule has 0 radical (unpaired) electrons. The summed E-state index contributed by atoms with van der Waals surface area (Å²) in [5, 5.41) is -3.72. The van der Waals surface area contributed by atoms with Gasteiger partial charge in [-0.1, -0.05) is 18.5 Å². The van der Waals surface area contributed by atoms with Gasteiger partial charge in [-0.25, -0.2) is 17.2 Å². The van der Waals surface area contributed by atoms with Crippen LogP contribution in [0.15, 0.2) is 23.0 Å². The molecule has 0 heterocycles. The van der Waals surface area contributed by atoms with Crippen LogP contribution in [0.3, 0.4) is 0 Å². The molecule has 1 rings (SSSR count). The second-order valence-corrected chi connectivity index (χ2v) is 6.33. The molecule has 1 amide bonds. The summed E-state index contributed by atoms with van der Waals surface area (Å²) in [6, 6.07) is 0. The second-order valence-electron chi connectivity index (χ2n) is 3.49. The van der Waals surface area contributed by atoms with Crippen LogP contribution < -0.4 is 5.73 Å². The van der Waals surface area contributed by atoms with E-state index in [2.05, 4.69) is 0 Å². The molecule has 0 aromatic heterocycles. The number of allylic oxidation sites excluding steroid dienone is 2. The lowest BCUT2D eigenvalue weighted by atomic mass is 9.97. The molecule has 0 aromatic rings. The Morgan fingerprint density at radius 2 is 2.18 bits per heavy atom. The molecule has 1 aliphatic carbocycles. The van der Waals surface area contributed by atoms with E-state index in [-0.39, 0.29) is 6.08 Å². The van der Waals surface area contributed by atoms with Crippen molar-refractivity contribution in [3.8, 4) is 0 Å². The lowest BCUT2D eigenvalue weighted by Crippen LogP contribution is -2.47. The van der Waals surface area contributed by atoms with Gasteiger partial charge in [0.15, 0.2) is 9.84 Å². The number of primary amides is 1. The van der Waals surface area contributed by atoms with Gasteiger partial charge in [0.2, 0.25) is 10.9 Å². The van der Waals surface area contributed by atoms with Gasteiger partial charge >= 0.3 is 0 Å². The Morgan fingerprint density at radius 1 is 1.65 bits per heavy atom. The van der Waals surface area contributed by atoms with Gasteiger partial charge in [0.05, 0.1) is 10.8 Å². The Labute approximate surface area is 102 Å². The fourth-order valence-electron chi connectivity index (χ4n) is 1.45. The fraction of sp³-hybridized carbons (Fsp3) is 0.444. The van der Waals surface area contributed by atoms with Gasteiger partial charge in [0, 0.05) is 6.08 Å². The number of nitrogens with two attached hydrogens (primary N) is 1. The predicted molar refractivity (Wildman–Crippen MR) is 59.1 cm³/mol. The minimum atomic E-state index is -4.36. The molecular weight excluding hydrogens is 276 g/mol. The summed E-state index contributed by atoms with van der Waals surface area (Å²) >= 11 is 5.38. The number of carbonyl (C=O) groups is 1. The zero-order valence-corrected chi connectivity index (χ0v) is 10.4. The zero-order chi connectivity index (χ0) is 13.4. The lowest BCUT2D eigenvalue weighted by molar-refractivity contribution is -0.122. The van der Waals surface area contributed by atoms with Crippen molar-refractivity contribution in [2.45, 2.75) is 11.9 Å². The van der Waals surface area contributed by atoms with Crippen LogP contribution in [0.5, 0.6) is 0 Å². The highest BCUT2D eigenvalue weighted by Gasteiger charge is 2.52. The van der Waals surface area contributed by atoms with Crippen LogP contribution in [0.4, 0.5) is 8.78 Å². The van der Waals surface area contributed by atoms with Crippen LogP contribution in [0.1, 0.15) is 6.92 Å². The Morgan fingerprint density at radius 3 is 2.59 bits per heavy atom. The molecule has 4 nitrogen and oxygen atoms in total. The number of sulfone groups is 1. The quantitative estimate of drug-likeness (QED) is 0.846. The molecule has 8 heteroatoms. The van der Waals surface area contributed by atoms with Crippen molar-refractivity contribution in [3.05, 3.63) is 23.0 Å². The lowest BCUT2D eigenvalue weighted by Gasteiger charge is -2.29. The van der Waals surface area contributed by atoms with E-state index in [0.29, 0.717) is 6.08 Å². The topological polar surface area (TPSA) is 77.2 Å². The minimum absolute atomic E-state index is 0.184. The highest BCUT2D eigenvalue weighted by atomic mass is 35.5. The Kier molecular flexibility index (Phi) is 3.63. The summed E-state index contributed by atoms with van der Waals surface area (Å²) in [6.07, 6.45) is 0.857. The van der Waals surface area contributed by atoms with Crippen LogP contribution in [0, 0.1) is 5.92 Å². The number of alkyl halides is 1. The van der Waals surface area contributed by atoms with Gasteiger partial charge in [-0.3, -0.25) is 4.79 Å².